The van der Waals surface area contributed by atoms with Gasteiger partial charge in [0.05, 0.1) is 11.1 Å². The van der Waals surface area contributed by atoms with E-state index in [-0.39, 0.29) is 0 Å². The zero-order chi connectivity index (χ0) is 17.5. The van der Waals surface area contributed by atoms with Crippen LogP contribution in [-0.4, -0.2) is 13.2 Å². The van der Waals surface area contributed by atoms with E-state index >= 15 is 0 Å². The maximum Gasteiger partial charge on any atom is 0.175 e. The number of ether oxygens (including phenoxy) is 2. The molecule has 0 bridgehead atoms. The summed E-state index contributed by atoms with van der Waals surface area (Å²) in [6, 6.07) is 10.5. The van der Waals surface area contributed by atoms with E-state index in [4.69, 9.17) is 9.47 Å². The molecule has 0 unspecified atom stereocenters. The van der Waals surface area contributed by atoms with Crippen LogP contribution in [0.5, 0.6) is 11.5 Å². The van der Waals surface area contributed by atoms with E-state index in [0.29, 0.717) is 25.5 Å². The number of nitrogens with one attached hydrogen (secondary N) is 1. The van der Waals surface area contributed by atoms with E-state index in [0.717, 1.165) is 21.5 Å². The third-order valence-corrected chi connectivity index (χ3v) is 4.17. The van der Waals surface area contributed by atoms with Crippen molar-refractivity contribution >= 4 is 21.6 Å². The quantitative estimate of drug-likeness (QED) is 0.592. The van der Waals surface area contributed by atoms with Crippen molar-refractivity contribution in [1.29, 1.82) is 0 Å². The van der Waals surface area contributed by atoms with Crippen molar-refractivity contribution in [1.82, 2.24) is 0 Å². The van der Waals surface area contributed by atoms with Crippen molar-refractivity contribution in [3.8, 4) is 11.5 Å². The normalized spacial score (nSPS) is 10.3. The van der Waals surface area contributed by atoms with Gasteiger partial charge in [-0.2, -0.15) is 0 Å². The lowest BCUT2D eigenvalue weighted by Crippen LogP contribution is -2.04. The van der Waals surface area contributed by atoms with E-state index in [1.54, 1.807) is 6.08 Å². The molecule has 24 heavy (non-hydrogen) atoms. The van der Waals surface area contributed by atoms with Gasteiger partial charge in [0.15, 0.2) is 11.5 Å². The summed E-state index contributed by atoms with van der Waals surface area (Å²) in [5.74, 6) is 1.46. The van der Waals surface area contributed by atoms with Crippen molar-refractivity contribution < 1.29 is 9.47 Å². The summed E-state index contributed by atoms with van der Waals surface area (Å²) in [6.07, 6.45) is 1.72. The number of anilines is 1. The minimum Gasteiger partial charge on any atom is -0.490 e. The fourth-order valence-electron chi connectivity index (χ4n) is 2.48. The van der Waals surface area contributed by atoms with Crippen molar-refractivity contribution in [2.24, 2.45) is 0 Å². The standard InChI is InChI=1S/C20H24BrNO2/c1-5-9-24-20-17(21)11-16(12-19(20)23-6-2)13-22-18-8-7-14(3)10-15(18)4/h5,7-8,10-12,22H,1,6,9,13H2,2-4H3. The zero-order valence-electron chi connectivity index (χ0n) is 14.5. The van der Waals surface area contributed by atoms with Crippen molar-refractivity contribution in [2.45, 2.75) is 27.3 Å². The van der Waals surface area contributed by atoms with Crippen LogP contribution in [-0.2, 0) is 6.54 Å². The predicted molar refractivity (Wildman–Crippen MR) is 104 cm³/mol. The monoisotopic (exact) mass is 389 g/mol. The molecule has 0 saturated heterocycles. The second-order valence-electron chi connectivity index (χ2n) is 5.61. The van der Waals surface area contributed by atoms with Gasteiger partial charge < -0.3 is 14.8 Å². The molecule has 1 N–H and O–H groups in total. The van der Waals surface area contributed by atoms with E-state index in [1.165, 1.54) is 11.1 Å². The van der Waals surface area contributed by atoms with E-state index in [2.05, 4.69) is 65.9 Å². The maximum absolute atomic E-state index is 5.73. The lowest BCUT2D eigenvalue weighted by molar-refractivity contribution is 0.295. The summed E-state index contributed by atoms with van der Waals surface area (Å²) in [5.41, 5.74) is 4.77. The largest absolute Gasteiger partial charge is 0.490 e. The summed E-state index contributed by atoms with van der Waals surface area (Å²) in [7, 11) is 0. The summed E-state index contributed by atoms with van der Waals surface area (Å²) < 4.78 is 12.3. The third kappa shape index (κ3) is 4.78. The Kier molecular flexibility index (Phi) is 6.73. The van der Waals surface area contributed by atoms with Gasteiger partial charge in [-0.3, -0.25) is 0 Å². The van der Waals surface area contributed by atoms with Crippen LogP contribution >= 0.6 is 15.9 Å². The van der Waals surface area contributed by atoms with E-state index < -0.39 is 0 Å². The summed E-state index contributed by atoms with van der Waals surface area (Å²) in [6.45, 7) is 11.6. The van der Waals surface area contributed by atoms with Crippen molar-refractivity contribution in [3.05, 3.63) is 64.1 Å². The highest BCUT2D eigenvalue weighted by atomic mass is 79.9. The SMILES string of the molecule is C=CCOc1c(Br)cc(CNc2ccc(C)cc2C)cc1OCC. The minimum absolute atomic E-state index is 0.443. The predicted octanol–water partition coefficient (Wildman–Crippen LogP) is 5.64. The molecule has 0 saturated carbocycles. The van der Waals surface area contributed by atoms with Crippen LogP contribution in [0.1, 0.15) is 23.6 Å². The topological polar surface area (TPSA) is 30.5 Å². The molecule has 2 aromatic rings. The van der Waals surface area contributed by atoms with Gasteiger partial charge in [-0.15, -0.1) is 0 Å². The second-order valence-corrected chi connectivity index (χ2v) is 6.46. The molecule has 128 valence electrons. The second kappa shape index (κ2) is 8.78. The molecule has 0 spiro atoms. The number of hydrogen-bond donors (Lipinski definition) is 1. The first-order valence-corrected chi connectivity index (χ1v) is 8.84. The minimum atomic E-state index is 0.443. The number of halogens is 1. The molecule has 0 radical (unpaired) electrons. The van der Waals surface area contributed by atoms with Crippen LogP contribution in [0.25, 0.3) is 0 Å². The highest BCUT2D eigenvalue weighted by Crippen LogP contribution is 2.37. The molecule has 3 nitrogen and oxygen atoms in total. The van der Waals surface area contributed by atoms with Gasteiger partial charge in [0.1, 0.15) is 6.61 Å². The average Bonchev–Trinajstić information content (AvgIpc) is 2.53. The molecule has 0 aromatic heterocycles. The summed E-state index contributed by atoms with van der Waals surface area (Å²) in [4.78, 5) is 0. The molecule has 0 aliphatic rings. The number of hydrogen-bond acceptors (Lipinski definition) is 3. The lowest BCUT2D eigenvalue weighted by Gasteiger charge is -2.16. The summed E-state index contributed by atoms with van der Waals surface area (Å²) >= 11 is 3.58. The van der Waals surface area contributed by atoms with Gasteiger partial charge in [-0.1, -0.05) is 30.4 Å². The molecule has 0 heterocycles. The average molecular weight is 390 g/mol. The molecule has 0 aliphatic heterocycles. The first-order chi connectivity index (χ1) is 11.5. The van der Waals surface area contributed by atoms with Gasteiger partial charge in [0, 0.05) is 12.2 Å². The Morgan fingerprint density at radius 3 is 2.62 bits per heavy atom. The molecule has 0 fully saturated rings. The molecule has 0 atom stereocenters. The first-order valence-electron chi connectivity index (χ1n) is 8.05. The van der Waals surface area contributed by atoms with Crippen LogP contribution in [0.3, 0.4) is 0 Å². The third-order valence-electron chi connectivity index (χ3n) is 3.58. The van der Waals surface area contributed by atoms with Gasteiger partial charge in [-0.25, -0.2) is 0 Å². The van der Waals surface area contributed by atoms with Crippen LogP contribution < -0.4 is 14.8 Å². The molecule has 2 rings (SSSR count). The van der Waals surface area contributed by atoms with Crippen LogP contribution in [0.4, 0.5) is 5.69 Å². The van der Waals surface area contributed by atoms with Crippen LogP contribution in [0.15, 0.2) is 47.5 Å². The molecule has 0 aliphatic carbocycles. The maximum atomic E-state index is 5.73. The van der Waals surface area contributed by atoms with E-state index in [1.807, 2.05) is 13.0 Å². The Morgan fingerprint density at radius 1 is 1.17 bits per heavy atom. The Morgan fingerprint density at radius 2 is 1.96 bits per heavy atom. The van der Waals surface area contributed by atoms with Gasteiger partial charge in [0.2, 0.25) is 0 Å². The smallest absolute Gasteiger partial charge is 0.175 e. The Balaban J connectivity index is 2.19. The molecular weight excluding hydrogens is 366 g/mol. The van der Waals surface area contributed by atoms with Gasteiger partial charge in [0.25, 0.3) is 0 Å². The fraction of sp³-hybridized carbons (Fsp3) is 0.300. The Hall–Kier alpha value is -1.94. The molecule has 4 heteroatoms. The van der Waals surface area contributed by atoms with Crippen molar-refractivity contribution in [2.75, 3.05) is 18.5 Å². The Bertz CT molecular complexity index is 713. The highest BCUT2D eigenvalue weighted by molar-refractivity contribution is 9.10. The van der Waals surface area contributed by atoms with Crippen molar-refractivity contribution in [3.63, 3.8) is 0 Å². The number of rotatable bonds is 8. The van der Waals surface area contributed by atoms with Crippen LogP contribution in [0.2, 0.25) is 0 Å². The molecule has 0 amide bonds. The van der Waals surface area contributed by atoms with Crippen LogP contribution in [0, 0.1) is 13.8 Å². The van der Waals surface area contributed by atoms with E-state index in [9.17, 15) is 0 Å². The molecular formula is C20H24BrNO2. The lowest BCUT2D eigenvalue weighted by atomic mass is 10.1. The fourth-order valence-corrected chi connectivity index (χ4v) is 3.08. The Labute approximate surface area is 152 Å². The highest BCUT2D eigenvalue weighted by Gasteiger charge is 2.12. The molecule has 2 aromatic carbocycles. The summed E-state index contributed by atoms with van der Waals surface area (Å²) in [5, 5.41) is 3.48. The van der Waals surface area contributed by atoms with Gasteiger partial charge in [-0.05, 0) is 66.0 Å². The first kappa shape index (κ1) is 18.4. The zero-order valence-corrected chi connectivity index (χ0v) is 16.1. The van der Waals surface area contributed by atoms with Gasteiger partial charge >= 0.3 is 0 Å². The number of aryl methyl sites for hydroxylation is 2. The number of benzene rings is 2.